The third-order valence-corrected chi connectivity index (χ3v) is 5.67. The Morgan fingerprint density at radius 3 is 2.81 bits per heavy atom. The summed E-state index contributed by atoms with van der Waals surface area (Å²) < 4.78 is 14.3. The van der Waals surface area contributed by atoms with E-state index in [1.807, 2.05) is 0 Å². The summed E-state index contributed by atoms with van der Waals surface area (Å²) in [7, 11) is 0. The molecule has 2 aromatic rings. The lowest BCUT2D eigenvalue weighted by Crippen LogP contribution is -2.55. The molecule has 1 aromatic heterocycles. The molecule has 0 amide bonds. The minimum atomic E-state index is -0.446. The number of anilines is 3. The first kappa shape index (κ1) is 18.0. The van der Waals surface area contributed by atoms with Crippen molar-refractivity contribution in [1.82, 2.24) is 14.9 Å². The zero-order valence-electron chi connectivity index (χ0n) is 15.7. The van der Waals surface area contributed by atoms with Crippen LogP contribution in [0.15, 0.2) is 30.5 Å². The van der Waals surface area contributed by atoms with E-state index in [2.05, 4.69) is 39.3 Å². The highest BCUT2D eigenvalue weighted by atomic mass is 19.1. The number of benzene rings is 1. The first-order valence-electron chi connectivity index (χ1n) is 9.52. The van der Waals surface area contributed by atoms with E-state index >= 15 is 0 Å². The van der Waals surface area contributed by atoms with Crippen molar-refractivity contribution in [3.05, 3.63) is 36.3 Å². The Morgan fingerprint density at radius 2 is 2.04 bits per heavy atom. The van der Waals surface area contributed by atoms with Gasteiger partial charge in [-0.25, -0.2) is 9.37 Å². The van der Waals surface area contributed by atoms with Crippen LogP contribution in [0.4, 0.5) is 21.8 Å². The fourth-order valence-electron chi connectivity index (χ4n) is 4.52. The number of phenolic OH excluding ortho intramolecular Hbond substituents is 1. The van der Waals surface area contributed by atoms with Crippen molar-refractivity contribution in [3.8, 4) is 5.75 Å². The van der Waals surface area contributed by atoms with Gasteiger partial charge in [-0.1, -0.05) is 0 Å². The number of aromatic nitrogens is 2. The molecular formula is C20H26FN5O. The molecule has 0 aliphatic carbocycles. The number of rotatable bonds is 4. The van der Waals surface area contributed by atoms with Gasteiger partial charge >= 0.3 is 0 Å². The van der Waals surface area contributed by atoms with Crippen LogP contribution in [0, 0.1) is 5.82 Å². The predicted octanol–water partition coefficient (Wildman–Crippen LogP) is 3.88. The smallest absolute Gasteiger partial charge is 0.229 e. The second kappa shape index (κ2) is 6.96. The van der Waals surface area contributed by atoms with Gasteiger partial charge in [0.05, 0.1) is 6.20 Å². The number of nitrogens with zero attached hydrogens (tertiary/aromatic N) is 3. The minimum Gasteiger partial charge on any atom is -0.508 e. The maximum absolute atomic E-state index is 14.3. The monoisotopic (exact) mass is 371 g/mol. The van der Waals surface area contributed by atoms with Gasteiger partial charge in [0.1, 0.15) is 5.75 Å². The van der Waals surface area contributed by atoms with E-state index < -0.39 is 5.82 Å². The molecule has 0 saturated carbocycles. The number of piperidine rings is 1. The average molecular weight is 371 g/mol. The second-order valence-electron chi connectivity index (χ2n) is 8.14. The summed E-state index contributed by atoms with van der Waals surface area (Å²) in [6.07, 6.45) is 5.60. The van der Waals surface area contributed by atoms with Crippen LogP contribution in [-0.2, 0) is 0 Å². The van der Waals surface area contributed by atoms with E-state index in [9.17, 15) is 9.50 Å². The number of halogens is 1. The molecule has 6 nitrogen and oxygen atoms in total. The average Bonchev–Trinajstić information content (AvgIpc) is 3.09. The summed E-state index contributed by atoms with van der Waals surface area (Å²) in [6, 6.07) is 7.32. The second-order valence-corrected chi connectivity index (χ2v) is 8.14. The van der Waals surface area contributed by atoms with Gasteiger partial charge in [-0.2, -0.15) is 4.98 Å². The van der Waals surface area contributed by atoms with Crippen LogP contribution in [0.3, 0.4) is 0 Å². The van der Waals surface area contributed by atoms with Crippen molar-refractivity contribution < 1.29 is 9.50 Å². The molecule has 0 spiro atoms. The maximum atomic E-state index is 14.3. The number of hydrogen-bond acceptors (Lipinski definition) is 6. The van der Waals surface area contributed by atoms with Crippen LogP contribution in [0.1, 0.15) is 39.5 Å². The fourth-order valence-corrected chi connectivity index (χ4v) is 4.52. The van der Waals surface area contributed by atoms with Gasteiger partial charge in [0.25, 0.3) is 0 Å². The molecule has 7 heteroatoms. The molecule has 2 saturated heterocycles. The Bertz CT molecular complexity index is 811. The van der Waals surface area contributed by atoms with E-state index in [0.29, 0.717) is 12.0 Å². The number of fused-ring (bicyclic) bond motifs is 1. The van der Waals surface area contributed by atoms with Gasteiger partial charge in [-0.05, 0) is 70.3 Å². The van der Waals surface area contributed by atoms with E-state index in [-0.39, 0.29) is 23.1 Å². The Morgan fingerprint density at radius 1 is 1.26 bits per heavy atom. The molecule has 3 N–H and O–H groups in total. The molecular weight excluding hydrogens is 345 g/mol. The van der Waals surface area contributed by atoms with E-state index in [0.717, 1.165) is 25.1 Å². The third-order valence-electron chi connectivity index (χ3n) is 5.67. The molecule has 144 valence electrons. The highest BCUT2D eigenvalue weighted by Crippen LogP contribution is 2.38. The molecule has 2 aliphatic rings. The van der Waals surface area contributed by atoms with Crippen molar-refractivity contribution in [2.45, 2.75) is 57.2 Å². The fraction of sp³-hybridized carbons (Fsp3) is 0.500. The lowest BCUT2D eigenvalue weighted by atomic mass is 9.84. The van der Waals surface area contributed by atoms with Gasteiger partial charge in [-0.15, -0.1) is 0 Å². The quantitative estimate of drug-likeness (QED) is 0.709. The predicted molar refractivity (Wildman–Crippen MR) is 104 cm³/mol. The molecule has 27 heavy (non-hydrogen) atoms. The molecule has 2 aliphatic heterocycles. The SMILES string of the molecule is CC1(C)C[C@H](Nc2nc(Nc3ccc(O)cc3)ncc2F)C[C@@H]2CCCN21. The van der Waals surface area contributed by atoms with Crippen molar-refractivity contribution in [2.24, 2.45) is 0 Å². The number of aromatic hydroxyl groups is 1. The molecule has 1 aromatic carbocycles. The standard InChI is InChI=1S/C20H26FN5O/c1-20(2)11-14(10-15-4-3-9-26(15)20)23-18-17(21)12-22-19(25-18)24-13-5-7-16(27)8-6-13/h5-8,12,14-15,27H,3-4,9-11H2,1-2H3,(H2,22,23,24,25)/t14-,15+/m1/s1. The highest BCUT2D eigenvalue weighted by molar-refractivity contribution is 5.56. The van der Waals surface area contributed by atoms with Crippen LogP contribution in [-0.4, -0.2) is 44.1 Å². The summed E-state index contributed by atoms with van der Waals surface area (Å²) >= 11 is 0. The normalized spacial score (nSPS) is 24.4. The summed E-state index contributed by atoms with van der Waals surface area (Å²) in [5.74, 6) is 0.294. The van der Waals surface area contributed by atoms with Crippen molar-refractivity contribution >= 4 is 17.5 Å². The van der Waals surface area contributed by atoms with Crippen LogP contribution >= 0.6 is 0 Å². The molecule has 3 heterocycles. The Labute approximate surface area is 158 Å². The molecule has 2 fully saturated rings. The Hall–Kier alpha value is -2.41. The summed E-state index contributed by atoms with van der Waals surface area (Å²) in [6.45, 7) is 5.70. The lowest BCUT2D eigenvalue weighted by Gasteiger charge is -2.47. The number of hydrogen-bond donors (Lipinski definition) is 3. The van der Waals surface area contributed by atoms with E-state index in [1.165, 1.54) is 19.0 Å². The Balaban J connectivity index is 1.49. The van der Waals surface area contributed by atoms with Gasteiger partial charge < -0.3 is 15.7 Å². The van der Waals surface area contributed by atoms with Crippen molar-refractivity contribution in [2.75, 3.05) is 17.2 Å². The van der Waals surface area contributed by atoms with Gasteiger partial charge in [0, 0.05) is 23.3 Å². The van der Waals surface area contributed by atoms with Crippen LogP contribution in [0.25, 0.3) is 0 Å². The summed E-state index contributed by atoms with van der Waals surface area (Å²) in [5.41, 5.74) is 0.832. The first-order chi connectivity index (χ1) is 12.9. The molecule has 0 bridgehead atoms. The summed E-state index contributed by atoms with van der Waals surface area (Å²) in [5, 5.41) is 15.7. The van der Waals surface area contributed by atoms with Crippen molar-refractivity contribution in [1.29, 1.82) is 0 Å². The van der Waals surface area contributed by atoms with Crippen molar-refractivity contribution in [3.63, 3.8) is 0 Å². The topological polar surface area (TPSA) is 73.3 Å². The molecule has 2 atom stereocenters. The van der Waals surface area contributed by atoms with Gasteiger partial charge in [-0.3, -0.25) is 4.90 Å². The van der Waals surface area contributed by atoms with Crippen LogP contribution < -0.4 is 10.6 Å². The molecule has 0 radical (unpaired) electrons. The third kappa shape index (κ3) is 3.83. The van der Waals surface area contributed by atoms with Gasteiger partial charge in [0.15, 0.2) is 11.6 Å². The van der Waals surface area contributed by atoms with Gasteiger partial charge in [0.2, 0.25) is 5.95 Å². The van der Waals surface area contributed by atoms with E-state index in [4.69, 9.17) is 0 Å². The largest absolute Gasteiger partial charge is 0.508 e. The first-order valence-corrected chi connectivity index (χ1v) is 9.52. The molecule has 0 unspecified atom stereocenters. The number of phenols is 1. The van der Waals surface area contributed by atoms with Crippen LogP contribution in [0.5, 0.6) is 5.75 Å². The molecule has 4 rings (SSSR count). The minimum absolute atomic E-state index is 0.105. The zero-order valence-corrected chi connectivity index (χ0v) is 15.7. The zero-order chi connectivity index (χ0) is 19.0. The van der Waals surface area contributed by atoms with Crippen LogP contribution in [0.2, 0.25) is 0 Å². The Kier molecular flexibility index (Phi) is 4.63. The number of nitrogens with one attached hydrogen (secondary N) is 2. The van der Waals surface area contributed by atoms with E-state index in [1.54, 1.807) is 24.3 Å². The lowest BCUT2D eigenvalue weighted by molar-refractivity contribution is 0.0500. The maximum Gasteiger partial charge on any atom is 0.229 e. The highest BCUT2D eigenvalue weighted by Gasteiger charge is 2.43. The summed E-state index contributed by atoms with van der Waals surface area (Å²) in [4.78, 5) is 11.0.